The van der Waals surface area contributed by atoms with Crippen molar-refractivity contribution < 1.29 is 9.47 Å². The van der Waals surface area contributed by atoms with E-state index in [-0.39, 0.29) is 0 Å². The molecule has 2 aliphatic heterocycles. The van der Waals surface area contributed by atoms with Crippen LogP contribution in [0.25, 0.3) is 0 Å². The third-order valence-corrected chi connectivity index (χ3v) is 6.94. The summed E-state index contributed by atoms with van der Waals surface area (Å²) in [5, 5.41) is 0. The zero-order valence-corrected chi connectivity index (χ0v) is 22.1. The molecule has 4 nitrogen and oxygen atoms in total. The molecule has 0 radical (unpaired) electrons. The summed E-state index contributed by atoms with van der Waals surface area (Å²) in [4.78, 5) is 5.21. The van der Waals surface area contributed by atoms with E-state index in [2.05, 4.69) is 37.5 Å². The molecule has 2 rings (SSSR count). The molecule has 0 spiro atoms. The van der Waals surface area contributed by atoms with Gasteiger partial charge in [-0.3, -0.25) is 0 Å². The number of rotatable bonds is 13. The van der Waals surface area contributed by atoms with Crippen LogP contribution in [0.5, 0.6) is 0 Å². The average molecular weight is 441 g/mol. The van der Waals surface area contributed by atoms with Gasteiger partial charge in [-0.05, 0) is 82.5 Å². The minimum atomic E-state index is 0.388. The fourth-order valence-corrected chi connectivity index (χ4v) is 4.70. The maximum absolute atomic E-state index is 5.85. The zero-order valence-electron chi connectivity index (χ0n) is 22.1. The highest BCUT2D eigenvalue weighted by atomic mass is 16.5. The molecule has 2 heterocycles. The maximum Gasteiger partial charge on any atom is 0.0593 e. The molecule has 31 heavy (non-hydrogen) atoms. The van der Waals surface area contributed by atoms with E-state index >= 15 is 0 Å². The van der Waals surface area contributed by atoms with E-state index in [9.17, 15) is 0 Å². The van der Waals surface area contributed by atoms with Gasteiger partial charge < -0.3 is 19.3 Å². The van der Waals surface area contributed by atoms with Crippen molar-refractivity contribution in [1.29, 1.82) is 0 Å². The van der Waals surface area contributed by atoms with Crippen LogP contribution in [0.4, 0.5) is 0 Å². The standard InChI is InChI=1S/C25H50N2O2.C2H6/c1-5-28-21-18-26-14-9-23(10-15-26)7-6-8-24-11-16-27(17-12-24)19-22-29-20-13-25(2,3)4;1-2/h23-24H,5-22H2,1-4H3;1-2H3. The Balaban J connectivity index is 0.00000233. The Hall–Kier alpha value is -0.160. The van der Waals surface area contributed by atoms with Crippen LogP contribution >= 0.6 is 0 Å². The molecule has 0 bridgehead atoms. The van der Waals surface area contributed by atoms with Gasteiger partial charge in [-0.25, -0.2) is 0 Å². The summed E-state index contributed by atoms with van der Waals surface area (Å²) >= 11 is 0. The molecule has 0 saturated carbocycles. The fourth-order valence-electron chi connectivity index (χ4n) is 4.70. The number of likely N-dealkylation sites (tertiary alicyclic amines) is 2. The molecule has 0 aromatic carbocycles. The minimum absolute atomic E-state index is 0.388. The molecule has 0 unspecified atom stereocenters. The lowest BCUT2D eigenvalue weighted by Gasteiger charge is -2.33. The second-order valence-electron chi connectivity index (χ2n) is 10.6. The van der Waals surface area contributed by atoms with Crippen molar-refractivity contribution in [2.75, 3.05) is 65.7 Å². The molecular weight excluding hydrogens is 384 g/mol. The van der Waals surface area contributed by atoms with Crippen LogP contribution in [-0.4, -0.2) is 75.5 Å². The van der Waals surface area contributed by atoms with Crippen LogP contribution in [0.2, 0.25) is 0 Å². The Morgan fingerprint density at radius 2 is 1.16 bits per heavy atom. The van der Waals surface area contributed by atoms with Gasteiger partial charge in [-0.15, -0.1) is 0 Å². The van der Waals surface area contributed by atoms with Gasteiger partial charge in [0.05, 0.1) is 13.2 Å². The van der Waals surface area contributed by atoms with Gasteiger partial charge in [-0.2, -0.15) is 0 Å². The van der Waals surface area contributed by atoms with Crippen molar-refractivity contribution in [3.05, 3.63) is 0 Å². The molecule has 2 saturated heterocycles. The van der Waals surface area contributed by atoms with Crippen LogP contribution in [0.1, 0.15) is 92.9 Å². The van der Waals surface area contributed by atoms with Gasteiger partial charge in [0.25, 0.3) is 0 Å². The normalized spacial score (nSPS) is 19.9. The lowest BCUT2D eigenvalue weighted by Crippen LogP contribution is -2.36. The number of piperidine rings is 2. The van der Waals surface area contributed by atoms with Crippen LogP contribution in [-0.2, 0) is 9.47 Å². The summed E-state index contributed by atoms with van der Waals surface area (Å²) in [5.74, 6) is 1.95. The predicted octanol–water partition coefficient (Wildman–Crippen LogP) is 6.10. The van der Waals surface area contributed by atoms with Gasteiger partial charge in [0.1, 0.15) is 0 Å². The summed E-state index contributed by atoms with van der Waals surface area (Å²) < 4.78 is 11.3. The first-order valence-corrected chi connectivity index (χ1v) is 13.6. The van der Waals surface area contributed by atoms with Crippen LogP contribution in [0, 0.1) is 17.3 Å². The number of hydrogen-bond acceptors (Lipinski definition) is 4. The fraction of sp³-hybridized carbons (Fsp3) is 1.00. The number of nitrogens with zero attached hydrogens (tertiary/aromatic N) is 2. The quantitative estimate of drug-likeness (QED) is 0.323. The molecule has 4 heteroatoms. The molecule has 0 amide bonds. The van der Waals surface area contributed by atoms with E-state index in [0.29, 0.717) is 5.41 Å². The second-order valence-corrected chi connectivity index (χ2v) is 10.6. The highest BCUT2D eigenvalue weighted by molar-refractivity contribution is 4.75. The Labute approximate surface area is 195 Å². The monoisotopic (exact) mass is 440 g/mol. The first-order chi connectivity index (χ1) is 15.0. The maximum atomic E-state index is 5.85. The van der Waals surface area contributed by atoms with Crippen LogP contribution in [0.15, 0.2) is 0 Å². The second kappa shape index (κ2) is 17.3. The highest BCUT2D eigenvalue weighted by Gasteiger charge is 2.21. The molecule has 0 N–H and O–H groups in total. The lowest BCUT2D eigenvalue weighted by molar-refractivity contribution is 0.0729. The smallest absolute Gasteiger partial charge is 0.0593 e. The van der Waals surface area contributed by atoms with Crippen LogP contribution in [0.3, 0.4) is 0 Å². The molecular formula is C27H56N2O2. The van der Waals surface area contributed by atoms with E-state index in [1.54, 1.807) is 0 Å². The van der Waals surface area contributed by atoms with E-state index in [0.717, 1.165) is 57.8 Å². The van der Waals surface area contributed by atoms with Crippen LogP contribution < -0.4 is 0 Å². The average Bonchev–Trinajstić information content (AvgIpc) is 2.76. The largest absolute Gasteiger partial charge is 0.380 e. The highest BCUT2D eigenvalue weighted by Crippen LogP contribution is 2.27. The molecule has 2 fully saturated rings. The first-order valence-electron chi connectivity index (χ1n) is 13.6. The van der Waals surface area contributed by atoms with Gasteiger partial charge in [0.15, 0.2) is 0 Å². The first kappa shape index (κ1) is 28.9. The Morgan fingerprint density at radius 1 is 0.710 bits per heavy atom. The van der Waals surface area contributed by atoms with E-state index < -0.39 is 0 Å². The van der Waals surface area contributed by atoms with Gasteiger partial charge >= 0.3 is 0 Å². The van der Waals surface area contributed by atoms with Crippen molar-refractivity contribution in [2.45, 2.75) is 92.9 Å². The topological polar surface area (TPSA) is 24.9 Å². The van der Waals surface area contributed by atoms with Crippen molar-refractivity contribution in [3.8, 4) is 0 Å². The number of ether oxygens (including phenoxy) is 2. The third-order valence-electron chi connectivity index (χ3n) is 6.94. The van der Waals surface area contributed by atoms with Gasteiger partial charge in [0, 0.05) is 26.3 Å². The minimum Gasteiger partial charge on any atom is -0.380 e. The van der Waals surface area contributed by atoms with Gasteiger partial charge in [0.2, 0.25) is 0 Å². The lowest BCUT2D eigenvalue weighted by atomic mass is 9.87. The Bertz CT molecular complexity index is 395. The summed E-state index contributed by atoms with van der Waals surface area (Å²) in [7, 11) is 0. The third kappa shape index (κ3) is 14.6. The molecule has 2 aliphatic rings. The van der Waals surface area contributed by atoms with Crippen molar-refractivity contribution >= 4 is 0 Å². The Kier molecular flexibility index (Phi) is 16.1. The summed E-state index contributed by atoms with van der Waals surface area (Å²) in [6.45, 7) is 23.9. The summed E-state index contributed by atoms with van der Waals surface area (Å²) in [5.41, 5.74) is 0.388. The SMILES string of the molecule is CC.CCOCCN1CCC(CCCC2CCN(CCOCCC(C)(C)C)CC2)CC1. The van der Waals surface area contributed by atoms with E-state index in [4.69, 9.17) is 9.47 Å². The van der Waals surface area contributed by atoms with E-state index in [1.165, 1.54) is 71.1 Å². The molecule has 186 valence electrons. The molecule has 0 aliphatic carbocycles. The van der Waals surface area contributed by atoms with Gasteiger partial charge in [-0.1, -0.05) is 53.9 Å². The molecule has 0 atom stereocenters. The summed E-state index contributed by atoms with van der Waals surface area (Å²) in [6.07, 6.45) is 11.1. The van der Waals surface area contributed by atoms with Crippen molar-refractivity contribution in [1.82, 2.24) is 9.80 Å². The van der Waals surface area contributed by atoms with Crippen molar-refractivity contribution in [2.24, 2.45) is 17.3 Å². The molecule has 0 aromatic heterocycles. The number of hydrogen-bond donors (Lipinski definition) is 0. The van der Waals surface area contributed by atoms with Crippen molar-refractivity contribution in [3.63, 3.8) is 0 Å². The van der Waals surface area contributed by atoms with E-state index in [1.807, 2.05) is 13.8 Å². The Morgan fingerprint density at radius 3 is 1.58 bits per heavy atom. The summed E-state index contributed by atoms with van der Waals surface area (Å²) in [6, 6.07) is 0. The molecule has 0 aromatic rings. The predicted molar refractivity (Wildman–Crippen MR) is 135 cm³/mol. The zero-order chi connectivity index (χ0) is 23.0.